The summed E-state index contributed by atoms with van der Waals surface area (Å²) in [6.07, 6.45) is 3.80. The predicted molar refractivity (Wildman–Crippen MR) is 110 cm³/mol. The van der Waals surface area contributed by atoms with Crippen LogP contribution in [0.3, 0.4) is 0 Å². The quantitative estimate of drug-likeness (QED) is 0.658. The Bertz CT molecular complexity index is 1100. The van der Waals surface area contributed by atoms with Gasteiger partial charge in [-0.2, -0.15) is 13.5 Å². The first-order valence-electron chi connectivity index (χ1n) is 8.53. The third kappa shape index (κ3) is 4.14. The average Bonchev–Trinajstić information content (AvgIpc) is 3.27. The molecule has 7 nitrogen and oxygen atoms in total. The number of pyridine rings is 1. The zero-order valence-corrected chi connectivity index (χ0v) is 17.0. The molecule has 2 aromatic heterocycles. The summed E-state index contributed by atoms with van der Waals surface area (Å²) in [7, 11) is -3.67. The molecular formula is C18H21FN4O3S2. The van der Waals surface area contributed by atoms with E-state index in [-0.39, 0.29) is 30.3 Å². The van der Waals surface area contributed by atoms with Gasteiger partial charge in [0.2, 0.25) is 16.0 Å². The van der Waals surface area contributed by atoms with Gasteiger partial charge in [-0.1, -0.05) is 0 Å². The Morgan fingerprint density at radius 3 is 2.82 bits per heavy atom. The summed E-state index contributed by atoms with van der Waals surface area (Å²) < 4.78 is 48.3. The number of fused-ring (bicyclic) bond motifs is 1. The maximum absolute atomic E-state index is 13.5. The predicted octanol–water partition coefficient (Wildman–Crippen LogP) is 2.71. The van der Waals surface area contributed by atoms with E-state index in [9.17, 15) is 12.8 Å². The first kappa shape index (κ1) is 20.6. The van der Waals surface area contributed by atoms with Crippen LogP contribution in [0, 0.1) is 12.7 Å². The monoisotopic (exact) mass is 424 g/mol. The summed E-state index contributed by atoms with van der Waals surface area (Å²) in [5.41, 5.74) is 1.91. The van der Waals surface area contributed by atoms with Gasteiger partial charge in [-0.15, -0.1) is 0 Å². The molecule has 0 bridgehead atoms. The minimum Gasteiger partial charge on any atom is -0.380 e. The second-order valence-corrected chi connectivity index (χ2v) is 8.23. The van der Waals surface area contributed by atoms with Gasteiger partial charge < -0.3 is 10.1 Å². The highest BCUT2D eigenvalue weighted by Gasteiger charge is 2.24. The van der Waals surface area contributed by atoms with Gasteiger partial charge in [0.15, 0.2) is 0 Å². The number of benzene rings is 1. The number of rotatable bonds is 5. The average molecular weight is 425 g/mol. The van der Waals surface area contributed by atoms with Gasteiger partial charge in [0, 0.05) is 24.5 Å². The molecule has 1 aliphatic heterocycles. The van der Waals surface area contributed by atoms with Gasteiger partial charge in [-0.05, 0) is 49.2 Å². The number of hydrogen-bond acceptors (Lipinski definition) is 5. The van der Waals surface area contributed by atoms with Gasteiger partial charge in [0.05, 0.1) is 23.2 Å². The molecule has 1 aliphatic rings. The maximum atomic E-state index is 13.5. The fraction of sp³-hybridized carbons (Fsp3) is 0.278. The van der Waals surface area contributed by atoms with E-state index in [0.29, 0.717) is 36.8 Å². The number of ether oxygens (including phenoxy) is 1. The standard InChI is InChI=1S/C18H19FN4O3S.H2S/c1-12-8-13(2-5-17(12)19)21-18-20-9-15-3-4-16(10-23(15)18)27(24,25)22-14-6-7-26-11-14;/h2-5,8-10,14,22H,6-7,11H2,1H3,(H,20,21);1H2/t14-;/m0./s1. The van der Waals surface area contributed by atoms with Gasteiger partial charge >= 0.3 is 0 Å². The van der Waals surface area contributed by atoms with E-state index in [1.807, 2.05) is 0 Å². The smallest absolute Gasteiger partial charge is 0.242 e. The van der Waals surface area contributed by atoms with Gasteiger partial charge in [-0.25, -0.2) is 22.5 Å². The largest absolute Gasteiger partial charge is 0.380 e. The van der Waals surface area contributed by atoms with Crippen molar-refractivity contribution in [3.63, 3.8) is 0 Å². The minimum atomic E-state index is -3.67. The van der Waals surface area contributed by atoms with E-state index >= 15 is 0 Å². The van der Waals surface area contributed by atoms with Crippen molar-refractivity contribution in [3.8, 4) is 0 Å². The molecule has 0 spiro atoms. The van der Waals surface area contributed by atoms with Gasteiger partial charge in [0.1, 0.15) is 5.82 Å². The summed E-state index contributed by atoms with van der Waals surface area (Å²) in [5, 5.41) is 3.10. The van der Waals surface area contributed by atoms with Crippen LogP contribution in [0.2, 0.25) is 0 Å². The number of nitrogens with one attached hydrogen (secondary N) is 2. The van der Waals surface area contributed by atoms with Crippen molar-refractivity contribution in [1.29, 1.82) is 0 Å². The molecule has 2 N–H and O–H groups in total. The lowest BCUT2D eigenvalue weighted by molar-refractivity contribution is 0.192. The molecule has 0 radical (unpaired) electrons. The van der Waals surface area contributed by atoms with Crippen LogP contribution in [0.5, 0.6) is 0 Å². The Morgan fingerprint density at radius 2 is 2.11 bits per heavy atom. The van der Waals surface area contributed by atoms with Crippen LogP contribution < -0.4 is 10.0 Å². The van der Waals surface area contributed by atoms with E-state index in [1.54, 1.807) is 41.8 Å². The molecule has 0 saturated carbocycles. The summed E-state index contributed by atoms with van der Waals surface area (Å²) in [6.45, 7) is 2.61. The molecule has 1 aromatic carbocycles. The molecule has 3 heterocycles. The van der Waals surface area contributed by atoms with Gasteiger partial charge in [0.25, 0.3) is 0 Å². The fourth-order valence-corrected chi connectivity index (χ4v) is 4.24. The van der Waals surface area contributed by atoms with Crippen LogP contribution in [-0.2, 0) is 14.8 Å². The minimum absolute atomic E-state index is 0. The Kier molecular flexibility index (Phi) is 5.94. The van der Waals surface area contributed by atoms with E-state index in [0.717, 1.165) is 5.52 Å². The van der Waals surface area contributed by atoms with Crippen LogP contribution in [0.15, 0.2) is 47.6 Å². The fourth-order valence-electron chi connectivity index (χ4n) is 2.99. The number of hydrogen-bond donors (Lipinski definition) is 2. The van der Waals surface area contributed by atoms with Crippen molar-refractivity contribution in [3.05, 3.63) is 54.1 Å². The number of aryl methyl sites for hydroxylation is 1. The molecule has 0 unspecified atom stereocenters. The van der Waals surface area contributed by atoms with Crippen molar-refractivity contribution in [1.82, 2.24) is 14.1 Å². The molecule has 150 valence electrons. The van der Waals surface area contributed by atoms with Crippen molar-refractivity contribution in [2.75, 3.05) is 18.5 Å². The molecule has 1 atom stereocenters. The van der Waals surface area contributed by atoms with Crippen LogP contribution in [0.25, 0.3) is 5.52 Å². The summed E-state index contributed by atoms with van der Waals surface area (Å²) in [4.78, 5) is 4.43. The first-order chi connectivity index (χ1) is 12.9. The molecule has 28 heavy (non-hydrogen) atoms. The van der Waals surface area contributed by atoms with Crippen molar-refractivity contribution in [2.24, 2.45) is 0 Å². The maximum Gasteiger partial charge on any atom is 0.242 e. The summed E-state index contributed by atoms with van der Waals surface area (Å²) >= 11 is 0. The van der Waals surface area contributed by atoms with Crippen LogP contribution in [0.1, 0.15) is 12.0 Å². The highest BCUT2D eigenvalue weighted by Crippen LogP contribution is 2.22. The second kappa shape index (κ2) is 8.08. The zero-order chi connectivity index (χ0) is 19.0. The molecule has 1 saturated heterocycles. The number of nitrogens with zero attached hydrogens (tertiary/aromatic N) is 2. The van der Waals surface area contributed by atoms with E-state index in [4.69, 9.17) is 4.74 Å². The molecule has 0 aliphatic carbocycles. The van der Waals surface area contributed by atoms with Crippen molar-refractivity contribution >= 4 is 40.7 Å². The Labute approximate surface area is 169 Å². The summed E-state index contributed by atoms with van der Waals surface area (Å²) in [6, 6.07) is 7.66. The third-order valence-electron chi connectivity index (χ3n) is 4.48. The molecule has 3 aromatic rings. The Balaban J connectivity index is 0.00000225. The van der Waals surface area contributed by atoms with Crippen LogP contribution >= 0.6 is 13.5 Å². The lowest BCUT2D eigenvalue weighted by atomic mass is 10.2. The molecule has 0 amide bonds. The van der Waals surface area contributed by atoms with Crippen LogP contribution in [-0.4, -0.2) is 37.1 Å². The lowest BCUT2D eigenvalue weighted by Crippen LogP contribution is -2.35. The number of sulfonamides is 1. The topological polar surface area (TPSA) is 84.7 Å². The lowest BCUT2D eigenvalue weighted by Gasteiger charge is -2.12. The summed E-state index contributed by atoms with van der Waals surface area (Å²) in [5.74, 6) is 0.154. The number of imidazole rings is 1. The zero-order valence-electron chi connectivity index (χ0n) is 15.1. The van der Waals surface area contributed by atoms with Gasteiger partial charge in [-0.3, -0.25) is 4.40 Å². The number of anilines is 2. The van der Waals surface area contributed by atoms with E-state index in [2.05, 4.69) is 15.0 Å². The second-order valence-electron chi connectivity index (χ2n) is 6.51. The third-order valence-corrected chi connectivity index (χ3v) is 5.98. The van der Waals surface area contributed by atoms with E-state index in [1.165, 1.54) is 12.3 Å². The van der Waals surface area contributed by atoms with Crippen LogP contribution in [0.4, 0.5) is 16.0 Å². The Morgan fingerprint density at radius 1 is 1.29 bits per heavy atom. The highest BCUT2D eigenvalue weighted by molar-refractivity contribution is 7.89. The normalized spacial score (nSPS) is 16.9. The molecule has 10 heteroatoms. The SMILES string of the molecule is Cc1cc(Nc2ncc3ccc(S(=O)(=O)N[C@H]4CCOC4)cn23)ccc1F.S. The molecular weight excluding hydrogens is 403 g/mol. The number of halogens is 1. The Hall–Kier alpha value is -2.14. The van der Waals surface area contributed by atoms with Crippen molar-refractivity contribution in [2.45, 2.75) is 24.3 Å². The number of aromatic nitrogens is 2. The molecule has 1 fully saturated rings. The van der Waals surface area contributed by atoms with Crippen molar-refractivity contribution < 1.29 is 17.5 Å². The van der Waals surface area contributed by atoms with E-state index < -0.39 is 10.0 Å². The first-order valence-corrected chi connectivity index (χ1v) is 10.0. The molecule has 4 rings (SSSR count). The highest BCUT2D eigenvalue weighted by atomic mass is 32.2.